The minimum Gasteiger partial charge on any atom is -0.325 e. The molecule has 3 N–H and O–H groups in total. The van der Waals surface area contributed by atoms with E-state index >= 15 is 0 Å². The Labute approximate surface area is 85.5 Å². The molecule has 1 rings (SSSR count). The highest BCUT2D eigenvalue weighted by Crippen LogP contribution is 2.12. The maximum atomic E-state index is 11.8. The molecule has 0 spiro atoms. The molecular formula is C9H12F3N3. The molecule has 1 heterocycles. The molecule has 6 heteroatoms. The standard InChI is InChI=1S/C9H12F3N3/c10-9(11,12)6-14-5-7-1-2-15-8(3-7)4-13/h1-3,14H,4-6,13H2. The number of hydrogen-bond donors (Lipinski definition) is 2. The van der Waals surface area contributed by atoms with Crippen molar-refractivity contribution < 1.29 is 13.2 Å². The van der Waals surface area contributed by atoms with Crippen molar-refractivity contribution >= 4 is 0 Å². The van der Waals surface area contributed by atoms with Crippen molar-refractivity contribution in [3.8, 4) is 0 Å². The van der Waals surface area contributed by atoms with Crippen LogP contribution in [0.3, 0.4) is 0 Å². The second-order valence-electron chi connectivity index (χ2n) is 3.08. The van der Waals surface area contributed by atoms with E-state index in [1.54, 1.807) is 12.1 Å². The Kier molecular flexibility index (Phi) is 4.05. The molecule has 0 saturated heterocycles. The van der Waals surface area contributed by atoms with E-state index < -0.39 is 12.7 Å². The van der Waals surface area contributed by atoms with Crippen molar-refractivity contribution in [1.82, 2.24) is 10.3 Å². The minimum atomic E-state index is -4.18. The zero-order chi connectivity index (χ0) is 11.3. The lowest BCUT2D eigenvalue weighted by atomic mass is 10.2. The van der Waals surface area contributed by atoms with Gasteiger partial charge in [-0.15, -0.1) is 0 Å². The topological polar surface area (TPSA) is 50.9 Å². The quantitative estimate of drug-likeness (QED) is 0.799. The van der Waals surface area contributed by atoms with Gasteiger partial charge in [-0.1, -0.05) is 0 Å². The van der Waals surface area contributed by atoms with Crippen LogP contribution in [0.4, 0.5) is 13.2 Å². The van der Waals surface area contributed by atoms with E-state index in [1.807, 2.05) is 0 Å². The zero-order valence-electron chi connectivity index (χ0n) is 8.01. The van der Waals surface area contributed by atoms with Gasteiger partial charge in [0.2, 0.25) is 0 Å². The fraction of sp³-hybridized carbons (Fsp3) is 0.444. The summed E-state index contributed by atoms with van der Waals surface area (Å²) in [7, 11) is 0. The van der Waals surface area contributed by atoms with Gasteiger partial charge >= 0.3 is 6.18 Å². The predicted molar refractivity (Wildman–Crippen MR) is 49.9 cm³/mol. The predicted octanol–water partition coefficient (Wildman–Crippen LogP) is 1.19. The zero-order valence-corrected chi connectivity index (χ0v) is 8.01. The lowest BCUT2D eigenvalue weighted by Crippen LogP contribution is -2.28. The third-order valence-corrected chi connectivity index (χ3v) is 1.74. The first-order valence-corrected chi connectivity index (χ1v) is 4.42. The van der Waals surface area contributed by atoms with Crippen molar-refractivity contribution in [1.29, 1.82) is 0 Å². The summed E-state index contributed by atoms with van der Waals surface area (Å²) in [5.41, 5.74) is 6.77. The van der Waals surface area contributed by atoms with Crippen LogP contribution in [0.15, 0.2) is 18.3 Å². The molecule has 0 amide bonds. The normalized spacial score (nSPS) is 11.7. The summed E-state index contributed by atoms with van der Waals surface area (Å²) in [5, 5.41) is 2.30. The van der Waals surface area contributed by atoms with Gasteiger partial charge in [-0.25, -0.2) is 0 Å². The number of rotatable bonds is 4. The van der Waals surface area contributed by atoms with E-state index in [0.717, 1.165) is 5.56 Å². The van der Waals surface area contributed by atoms with E-state index in [0.29, 0.717) is 5.69 Å². The Balaban J connectivity index is 2.44. The molecule has 0 saturated carbocycles. The molecule has 15 heavy (non-hydrogen) atoms. The van der Waals surface area contributed by atoms with E-state index in [4.69, 9.17) is 5.73 Å². The van der Waals surface area contributed by atoms with Crippen LogP contribution in [-0.2, 0) is 13.1 Å². The number of hydrogen-bond acceptors (Lipinski definition) is 3. The highest BCUT2D eigenvalue weighted by molar-refractivity contribution is 5.15. The molecule has 0 fully saturated rings. The first kappa shape index (κ1) is 11.9. The third-order valence-electron chi connectivity index (χ3n) is 1.74. The summed E-state index contributed by atoms with van der Waals surface area (Å²) in [6.45, 7) is -0.546. The molecule has 3 nitrogen and oxygen atoms in total. The summed E-state index contributed by atoms with van der Waals surface area (Å²) < 4.78 is 35.4. The molecule has 0 aliphatic carbocycles. The van der Waals surface area contributed by atoms with Crippen molar-refractivity contribution in [2.75, 3.05) is 6.54 Å². The van der Waals surface area contributed by atoms with Gasteiger partial charge in [-0.3, -0.25) is 4.98 Å². The summed E-state index contributed by atoms with van der Waals surface area (Å²) in [5.74, 6) is 0. The van der Waals surface area contributed by atoms with Gasteiger partial charge in [0.25, 0.3) is 0 Å². The largest absolute Gasteiger partial charge is 0.401 e. The molecule has 84 valence electrons. The summed E-state index contributed by atoms with van der Waals surface area (Å²) >= 11 is 0. The van der Waals surface area contributed by atoms with Gasteiger partial charge in [-0.05, 0) is 17.7 Å². The fourth-order valence-corrected chi connectivity index (χ4v) is 1.10. The van der Waals surface area contributed by atoms with Crippen molar-refractivity contribution in [2.45, 2.75) is 19.3 Å². The Morgan fingerprint density at radius 1 is 1.40 bits per heavy atom. The van der Waals surface area contributed by atoms with Crippen LogP contribution in [0.25, 0.3) is 0 Å². The molecule has 0 aliphatic rings. The Bertz CT molecular complexity index is 312. The van der Waals surface area contributed by atoms with Crippen LogP contribution in [0.5, 0.6) is 0 Å². The van der Waals surface area contributed by atoms with Crippen LogP contribution in [0.1, 0.15) is 11.3 Å². The maximum absolute atomic E-state index is 11.8. The molecule has 1 aromatic rings. The SMILES string of the molecule is NCc1cc(CNCC(F)(F)F)ccn1. The molecule has 0 unspecified atom stereocenters. The number of aromatic nitrogens is 1. The molecule has 0 atom stereocenters. The van der Waals surface area contributed by atoms with E-state index in [2.05, 4.69) is 10.3 Å². The fourth-order valence-electron chi connectivity index (χ4n) is 1.10. The highest BCUT2D eigenvalue weighted by Gasteiger charge is 2.25. The van der Waals surface area contributed by atoms with Gasteiger partial charge in [-0.2, -0.15) is 13.2 Å². The number of nitrogens with zero attached hydrogens (tertiary/aromatic N) is 1. The number of nitrogens with two attached hydrogens (primary N) is 1. The molecule has 0 radical (unpaired) electrons. The van der Waals surface area contributed by atoms with E-state index in [9.17, 15) is 13.2 Å². The minimum absolute atomic E-state index is 0.162. The van der Waals surface area contributed by atoms with Gasteiger partial charge in [0.05, 0.1) is 12.2 Å². The van der Waals surface area contributed by atoms with Crippen LogP contribution in [-0.4, -0.2) is 17.7 Å². The van der Waals surface area contributed by atoms with Crippen molar-refractivity contribution in [3.05, 3.63) is 29.6 Å². The molecule has 0 bridgehead atoms. The van der Waals surface area contributed by atoms with Crippen LogP contribution in [0.2, 0.25) is 0 Å². The Morgan fingerprint density at radius 2 is 2.13 bits per heavy atom. The summed E-state index contributed by atoms with van der Waals surface area (Å²) in [6, 6.07) is 3.34. The number of pyridine rings is 1. The van der Waals surface area contributed by atoms with Crippen LogP contribution in [0, 0.1) is 0 Å². The second-order valence-corrected chi connectivity index (χ2v) is 3.08. The first-order valence-electron chi connectivity index (χ1n) is 4.42. The number of alkyl halides is 3. The molecule has 1 aromatic heterocycles. The average Bonchev–Trinajstić information content (AvgIpc) is 2.16. The van der Waals surface area contributed by atoms with Gasteiger partial charge in [0.1, 0.15) is 0 Å². The third kappa shape index (κ3) is 4.75. The number of nitrogens with one attached hydrogen (secondary N) is 1. The first-order chi connectivity index (χ1) is 7.01. The van der Waals surface area contributed by atoms with Crippen molar-refractivity contribution in [3.63, 3.8) is 0 Å². The smallest absolute Gasteiger partial charge is 0.325 e. The van der Waals surface area contributed by atoms with Crippen LogP contribution >= 0.6 is 0 Å². The Morgan fingerprint density at radius 3 is 2.73 bits per heavy atom. The average molecular weight is 219 g/mol. The van der Waals surface area contributed by atoms with Gasteiger partial charge in [0, 0.05) is 19.3 Å². The lowest BCUT2D eigenvalue weighted by molar-refractivity contribution is -0.125. The van der Waals surface area contributed by atoms with Gasteiger partial charge < -0.3 is 11.1 Å². The number of halogens is 3. The molecular weight excluding hydrogens is 207 g/mol. The second kappa shape index (κ2) is 5.09. The van der Waals surface area contributed by atoms with E-state index in [-0.39, 0.29) is 13.1 Å². The molecule has 0 aliphatic heterocycles. The Hall–Kier alpha value is -1.14. The summed E-state index contributed by atoms with van der Waals surface area (Å²) in [6.07, 6.45) is -2.64. The lowest BCUT2D eigenvalue weighted by Gasteiger charge is -2.08. The highest BCUT2D eigenvalue weighted by atomic mass is 19.4. The van der Waals surface area contributed by atoms with Crippen LogP contribution < -0.4 is 11.1 Å². The van der Waals surface area contributed by atoms with E-state index in [1.165, 1.54) is 6.20 Å². The van der Waals surface area contributed by atoms with Gasteiger partial charge in [0.15, 0.2) is 0 Å². The molecule has 0 aromatic carbocycles. The summed E-state index contributed by atoms with van der Waals surface area (Å²) in [4.78, 5) is 3.94. The monoisotopic (exact) mass is 219 g/mol. The maximum Gasteiger partial charge on any atom is 0.401 e. The van der Waals surface area contributed by atoms with Crippen molar-refractivity contribution in [2.24, 2.45) is 5.73 Å².